The third kappa shape index (κ3) is 1.93. The van der Waals surface area contributed by atoms with Crippen molar-refractivity contribution in [3.05, 3.63) is 36.2 Å². The first-order valence-corrected chi connectivity index (χ1v) is 3.85. The van der Waals surface area contributed by atoms with Crippen molar-refractivity contribution in [2.75, 3.05) is 7.11 Å². The second kappa shape index (κ2) is 3.85. The van der Waals surface area contributed by atoms with Gasteiger partial charge in [-0.05, 0) is 18.6 Å². The summed E-state index contributed by atoms with van der Waals surface area (Å²) in [5.74, 6) is -0.383. The van der Waals surface area contributed by atoms with Crippen molar-refractivity contribution in [2.24, 2.45) is 0 Å². The van der Waals surface area contributed by atoms with Crippen LogP contribution in [0.2, 0.25) is 0 Å². The Balaban J connectivity index is 3.19. The van der Waals surface area contributed by atoms with Crippen molar-refractivity contribution < 1.29 is 9.53 Å². The molecule has 0 aliphatic carbocycles. The summed E-state index contributed by atoms with van der Waals surface area (Å²) in [6.45, 7) is 5.60. The lowest BCUT2D eigenvalue weighted by Gasteiger charge is -2.05. The van der Waals surface area contributed by atoms with E-state index in [-0.39, 0.29) is 5.97 Å². The number of aromatic nitrogens is 1. The second-order valence-electron chi connectivity index (χ2n) is 2.69. The van der Waals surface area contributed by atoms with Gasteiger partial charge in [0.15, 0.2) is 0 Å². The van der Waals surface area contributed by atoms with Crippen molar-refractivity contribution in [3.8, 4) is 0 Å². The van der Waals surface area contributed by atoms with Crippen LogP contribution in [0.1, 0.15) is 22.8 Å². The van der Waals surface area contributed by atoms with Crippen LogP contribution in [-0.2, 0) is 4.74 Å². The molecule has 0 saturated heterocycles. The number of allylic oxidation sites excluding steroid dienone is 1. The van der Waals surface area contributed by atoms with Crippen molar-refractivity contribution in [2.45, 2.75) is 6.92 Å². The van der Waals surface area contributed by atoms with E-state index < -0.39 is 0 Å². The molecule has 0 fully saturated rings. The summed E-state index contributed by atoms with van der Waals surface area (Å²) < 4.78 is 4.61. The summed E-state index contributed by atoms with van der Waals surface area (Å²) >= 11 is 0. The number of rotatable bonds is 2. The number of nitrogens with zero attached hydrogens (tertiary/aromatic N) is 1. The van der Waals surface area contributed by atoms with Gasteiger partial charge in [0.1, 0.15) is 0 Å². The molecular weight excluding hydrogens is 166 g/mol. The highest BCUT2D eigenvalue weighted by Crippen LogP contribution is 2.16. The standard InChI is InChI=1S/C10H11NO2/c1-7(2)8-4-5-11-6-9(8)10(12)13-3/h4-6H,1H2,2-3H3. The van der Waals surface area contributed by atoms with Gasteiger partial charge in [0.2, 0.25) is 0 Å². The molecular formula is C10H11NO2. The van der Waals surface area contributed by atoms with Gasteiger partial charge in [0.25, 0.3) is 0 Å². The molecule has 3 heteroatoms. The van der Waals surface area contributed by atoms with Crippen LogP contribution in [0.5, 0.6) is 0 Å². The molecule has 1 rings (SSSR count). The monoisotopic (exact) mass is 177 g/mol. The predicted molar refractivity (Wildman–Crippen MR) is 50.3 cm³/mol. The van der Waals surface area contributed by atoms with Gasteiger partial charge in [-0.3, -0.25) is 4.98 Å². The van der Waals surface area contributed by atoms with Crippen LogP contribution in [0.3, 0.4) is 0 Å². The summed E-state index contributed by atoms with van der Waals surface area (Å²) in [4.78, 5) is 15.1. The Labute approximate surface area is 77.1 Å². The van der Waals surface area contributed by atoms with Crippen LogP contribution < -0.4 is 0 Å². The minimum absolute atomic E-state index is 0.383. The Kier molecular flexibility index (Phi) is 2.80. The Morgan fingerprint density at radius 1 is 1.54 bits per heavy atom. The van der Waals surface area contributed by atoms with Gasteiger partial charge in [0.05, 0.1) is 12.7 Å². The van der Waals surface area contributed by atoms with Gasteiger partial charge in [-0.25, -0.2) is 4.79 Å². The van der Waals surface area contributed by atoms with Crippen molar-refractivity contribution >= 4 is 11.5 Å². The zero-order valence-corrected chi connectivity index (χ0v) is 7.70. The fraction of sp³-hybridized carbons (Fsp3) is 0.200. The minimum Gasteiger partial charge on any atom is -0.465 e. The molecule has 1 heterocycles. The van der Waals surface area contributed by atoms with Gasteiger partial charge in [0, 0.05) is 12.4 Å². The summed E-state index contributed by atoms with van der Waals surface area (Å²) in [6, 6.07) is 1.74. The van der Waals surface area contributed by atoms with Crippen LogP contribution in [0.15, 0.2) is 25.0 Å². The topological polar surface area (TPSA) is 39.2 Å². The molecule has 0 saturated carbocycles. The van der Waals surface area contributed by atoms with E-state index >= 15 is 0 Å². The molecule has 3 nitrogen and oxygen atoms in total. The molecule has 0 aliphatic rings. The molecule has 0 bridgehead atoms. The van der Waals surface area contributed by atoms with Crippen LogP contribution in [0.25, 0.3) is 5.57 Å². The van der Waals surface area contributed by atoms with Crippen LogP contribution in [-0.4, -0.2) is 18.1 Å². The molecule has 1 aromatic rings. The Bertz CT molecular complexity index is 345. The van der Waals surface area contributed by atoms with E-state index in [0.29, 0.717) is 5.56 Å². The third-order valence-electron chi connectivity index (χ3n) is 1.69. The summed E-state index contributed by atoms with van der Waals surface area (Å²) in [5.41, 5.74) is 2.06. The van der Waals surface area contributed by atoms with Crippen LogP contribution in [0, 0.1) is 0 Å². The number of esters is 1. The molecule has 68 valence electrons. The number of hydrogen-bond acceptors (Lipinski definition) is 3. The van der Waals surface area contributed by atoms with Gasteiger partial charge < -0.3 is 4.74 Å². The Morgan fingerprint density at radius 2 is 2.23 bits per heavy atom. The van der Waals surface area contributed by atoms with E-state index in [1.807, 2.05) is 6.92 Å². The van der Waals surface area contributed by atoms with Gasteiger partial charge in [-0.2, -0.15) is 0 Å². The number of carbonyl (C=O) groups is 1. The molecule has 1 aromatic heterocycles. The van der Waals surface area contributed by atoms with E-state index in [0.717, 1.165) is 11.1 Å². The average Bonchev–Trinajstić information content (AvgIpc) is 2.16. The lowest BCUT2D eigenvalue weighted by molar-refractivity contribution is 0.0600. The molecule has 0 atom stereocenters. The van der Waals surface area contributed by atoms with Crippen molar-refractivity contribution in [1.29, 1.82) is 0 Å². The lowest BCUT2D eigenvalue weighted by atomic mass is 10.1. The lowest BCUT2D eigenvalue weighted by Crippen LogP contribution is -2.05. The average molecular weight is 177 g/mol. The molecule has 0 aliphatic heterocycles. The molecule has 0 unspecified atom stereocenters. The fourth-order valence-corrected chi connectivity index (χ4v) is 1.04. The van der Waals surface area contributed by atoms with E-state index in [4.69, 9.17) is 0 Å². The Morgan fingerprint density at radius 3 is 2.77 bits per heavy atom. The van der Waals surface area contributed by atoms with E-state index in [9.17, 15) is 4.79 Å². The fourth-order valence-electron chi connectivity index (χ4n) is 1.04. The SMILES string of the molecule is C=C(C)c1ccncc1C(=O)OC. The molecule has 0 N–H and O–H groups in total. The maximum absolute atomic E-state index is 11.2. The first kappa shape index (κ1) is 9.45. The van der Waals surface area contributed by atoms with Gasteiger partial charge >= 0.3 is 5.97 Å². The molecule has 0 aromatic carbocycles. The van der Waals surface area contributed by atoms with E-state index in [2.05, 4.69) is 16.3 Å². The quantitative estimate of drug-likeness (QED) is 0.647. The number of methoxy groups -OCH3 is 1. The second-order valence-corrected chi connectivity index (χ2v) is 2.69. The van der Waals surface area contributed by atoms with E-state index in [1.54, 1.807) is 12.3 Å². The highest BCUT2D eigenvalue weighted by Gasteiger charge is 2.11. The summed E-state index contributed by atoms with van der Waals surface area (Å²) in [5, 5.41) is 0. The van der Waals surface area contributed by atoms with Crippen LogP contribution >= 0.6 is 0 Å². The first-order valence-electron chi connectivity index (χ1n) is 3.85. The highest BCUT2D eigenvalue weighted by molar-refractivity contribution is 5.94. The number of pyridine rings is 1. The number of ether oxygens (including phenoxy) is 1. The normalized spacial score (nSPS) is 9.38. The third-order valence-corrected chi connectivity index (χ3v) is 1.69. The molecule has 0 spiro atoms. The minimum atomic E-state index is -0.383. The van der Waals surface area contributed by atoms with Crippen molar-refractivity contribution in [1.82, 2.24) is 4.98 Å². The summed E-state index contributed by atoms with van der Waals surface area (Å²) in [6.07, 6.45) is 3.10. The first-order chi connectivity index (χ1) is 6.16. The van der Waals surface area contributed by atoms with Crippen LogP contribution in [0.4, 0.5) is 0 Å². The Hall–Kier alpha value is -1.64. The molecule has 13 heavy (non-hydrogen) atoms. The zero-order valence-electron chi connectivity index (χ0n) is 7.70. The van der Waals surface area contributed by atoms with Crippen molar-refractivity contribution in [3.63, 3.8) is 0 Å². The molecule has 0 amide bonds. The van der Waals surface area contributed by atoms with E-state index in [1.165, 1.54) is 13.3 Å². The van der Waals surface area contributed by atoms with Gasteiger partial charge in [-0.15, -0.1) is 0 Å². The number of hydrogen-bond donors (Lipinski definition) is 0. The molecule has 0 radical (unpaired) electrons. The van der Waals surface area contributed by atoms with Gasteiger partial charge in [-0.1, -0.05) is 12.2 Å². The largest absolute Gasteiger partial charge is 0.465 e. The number of carbonyl (C=O) groups excluding carboxylic acids is 1. The maximum atomic E-state index is 11.2. The highest BCUT2D eigenvalue weighted by atomic mass is 16.5. The smallest absolute Gasteiger partial charge is 0.340 e. The maximum Gasteiger partial charge on any atom is 0.340 e. The predicted octanol–water partition coefficient (Wildman–Crippen LogP) is 1.90. The summed E-state index contributed by atoms with van der Waals surface area (Å²) in [7, 11) is 1.34. The zero-order chi connectivity index (χ0) is 9.84.